The van der Waals surface area contributed by atoms with Crippen molar-refractivity contribution in [2.75, 3.05) is 19.0 Å². The molecule has 1 amide bonds. The van der Waals surface area contributed by atoms with Gasteiger partial charge in [0.2, 0.25) is 5.91 Å². The van der Waals surface area contributed by atoms with Gasteiger partial charge in [-0.05, 0) is 24.8 Å². The molecular formula is C18H20ClNO3. The van der Waals surface area contributed by atoms with Gasteiger partial charge in [0.1, 0.15) is 24.2 Å². The van der Waals surface area contributed by atoms with Crippen molar-refractivity contribution in [1.82, 2.24) is 4.90 Å². The Morgan fingerprint density at radius 1 is 1.30 bits per heavy atom. The van der Waals surface area contributed by atoms with E-state index in [1.807, 2.05) is 6.08 Å². The van der Waals surface area contributed by atoms with Gasteiger partial charge in [-0.2, -0.15) is 0 Å². The monoisotopic (exact) mass is 333 g/mol. The fourth-order valence-corrected chi connectivity index (χ4v) is 2.98. The molecule has 0 N–H and O–H groups in total. The molecule has 0 saturated carbocycles. The summed E-state index contributed by atoms with van der Waals surface area (Å²) in [5.41, 5.74) is 2.42. The van der Waals surface area contributed by atoms with Crippen LogP contribution in [0.15, 0.2) is 59.5 Å². The summed E-state index contributed by atoms with van der Waals surface area (Å²) >= 11 is 5.60. The van der Waals surface area contributed by atoms with Crippen LogP contribution >= 0.6 is 11.6 Å². The molecule has 3 aliphatic rings. The first-order valence-corrected chi connectivity index (χ1v) is 8.40. The fraction of sp³-hybridized carbons (Fsp3) is 0.389. The van der Waals surface area contributed by atoms with Gasteiger partial charge < -0.3 is 14.4 Å². The molecule has 0 spiro atoms. The van der Waals surface area contributed by atoms with E-state index < -0.39 is 0 Å². The van der Waals surface area contributed by atoms with Crippen molar-refractivity contribution in [2.45, 2.75) is 25.7 Å². The SMILES string of the molecule is O=C(CCl)N1CC=C(C2=COC=C(CC3=CC=CCC3)O2)CC1. The van der Waals surface area contributed by atoms with Gasteiger partial charge in [-0.3, -0.25) is 4.79 Å². The highest BCUT2D eigenvalue weighted by Crippen LogP contribution is 2.29. The molecule has 0 unspecified atom stereocenters. The molecule has 1 aliphatic carbocycles. The molecule has 2 aliphatic heterocycles. The van der Waals surface area contributed by atoms with Crippen LogP contribution in [0.1, 0.15) is 25.7 Å². The van der Waals surface area contributed by atoms with Crippen molar-refractivity contribution >= 4 is 17.5 Å². The summed E-state index contributed by atoms with van der Waals surface area (Å²) in [5, 5.41) is 0. The maximum Gasteiger partial charge on any atom is 0.237 e. The molecule has 5 heteroatoms. The van der Waals surface area contributed by atoms with E-state index in [1.165, 1.54) is 5.57 Å². The van der Waals surface area contributed by atoms with Gasteiger partial charge in [-0.15, -0.1) is 11.6 Å². The van der Waals surface area contributed by atoms with E-state index in [2.05, 4.69) is 18.2 Å². The largest absolute Gasteiger partial charge is 0.465 e. The van der Waals surface area contributed by atoms with E-state index in [9.17, 15) is 4.79 Å². The van der Waals surface area contributed by atoms with Crippen LogP contribution in [-0.2, 0) is 14.3 Å². The number of carbonyl (C=O) groups is 1. The Balaban J connectivity index is 1.58. The lowest BCUT2D eigenvalue weighted by molar-refractivity contribution is -0.128. The van der Waals surface area contributed by atoms with Crippen LogP contribution in [0.4, 0.5) is 0 Å². The highest BCUT2D eigenvalue weighted by molar-refractivity contribution is 6.27. The van der Waals surface area contributed by atoms with E-state index >= 15 is 0 Å². The molecule has 0 aromatic heterocycles. The quantitative estimate of drug-likeness (QED) is 0.735. The predicted octanol–water partition coefficient (Wildman–Crippen LogP) is 3.78. The Morgan fingerprint density at radius 3 is 2.91 bits per heavy atom. The normalized spacial score (nSPS) is 20.7. The summed E-state index contributed by atoms with van der Waals surface area (Å²) < 4.78 is 11.4. The summed E-state index contributed by atoms with van der Waals surface area (Å²) in [4.78, 5) is 13.3. The second-order valence-corrected chi connectivity index (χ2v) is 5.99. The fourth-order valence-electron chi connectivity index (χ4n) is 2.81. The Bertz CT molecular complexity index is 628. The summed E-state index contributed by atoms with van der Waals surface area (Å²) in [6, 6.07) is 0. The molecule has 0 fully saturated rings. The summed E-state index contributed by atoms with van der Waals surface area (Å²) in [7, 11) is 0. The number of ether oxygens (including phenoxy) is 2. The van der Waals surface area contributed by atoms with Gasteiger partial charge in [0.15, 0.2) is 5.76 Å². The lowest BCUT2D eigenvalue weighted by atomic mass is 10.0. The van der Waals surface area contributed by atoms with Crippen molar-refractivity contribution in [1.29, 1.82) is 0 Å². The molecular weight excluding hydrogens is 314 g/mol. The van der Waals surface area contributed by atoms with E-state index in [1.54, 1.807) is 17.4 Å². The highest BCUT2D eigenvalue weighted by atomic mass is 35.5. The zero-order valence-corrected chi connectivity index (χ0v) is 13.7. The predicted molar refractivity (Wildman–Crippen MR) is 89.4 cm³/mol. The molecule has 0 aromatic carbocycles. The molecule has 2 heterocycles. The maximum atomic E-state index is 11.6. The van der Waals surface area contributed by atoms with Crippen LogP contribution in [0.2, 0.25) is 0 Å². The van der Waals surface area contributed by atoms with Crippen LogP contribution in [0.3, 0.4) is 0 Å². The number of alkyl halides is 1. The van der Waals surface area contributed by atoms with Crippen LogP contribution in [0.5, 0.6) is 0 Å². The molecule has 4 nitrogen and oxygen atoms in total. The zero-order chi connectivity index (χ0) is 16.1. The highest BCUT2D eigenvalue weighted by Gasteiger charge is 2.21. The second kappa shape index (κ2) is 7.55. The van der Waals surface area contributed by atoms with Crippen molar-refractivity contribution in [3.8, 4) is 0 Å². The number of hydrogen-bond acceptors (Lipinski definition) is 3. The lowest BCUT2D eigenvalue weighted by Gasteiger charge is -2.27. The summed E-state index contributed by atoms with van der Waals surface area (Å²) in [5.74, 6) is 1.56. The molecule has 0 aromatic rings. The van der Waals surface area contributed by atoms with Gasteiger partial charge in [-0.25, -0.2) is 0 Å². The Kier molecular flexibility index (Phi) is 5.23. The minimum Gasteiger partial charge on any atom is -0.465 e. The summed E-state index contributed by atoms with van der Waals surface area (Å²) in [6.07, 6.45) is 15.4. The van der Waals surface area contributed by atoms with Crippen LogP contribution in [0, 0.1) is 0 Å². The first kappa shape index (κ1) is 15.9. The molecule has 0 radical (unpaired) electrons. The minimum absolute atomic E-state index is 0.0297. The molecule has 0 bridgehead atoms. The smallest absolute Gasteiger partial charge is 0.237 e. The number of halogens is 1. The third-order valence-electron chi connectivity index (χ3n) is 4.11. The van der Waals surface area contributed by atoms with E-state index in [0.29, 0.717) is 13.1 Å². The van der Waals surface area contributed by atoms with Crippen LogP contribution in [0.25, 0.3) is 0 Å². The van der Waals surface area contributed by atoms with Crippen molar-refractivity contribution in [2.24, 2.45) is 0 Å². The molecule has 0 atom stereocenters. The zero-order valence-electron chi connectivity index (χ0n) is 13.0. The molecule has 23 heavy (non-hydrogen) atoms. The van der Waals surface area contributed by atoms with Gasteiger partial charge in [0, 0.05) is 19.5 Å². The first-order valence-electron chi connectivity index (χ1n) is 7.86. The Labute approximate surface area is 141 Å². The number of rotatable bonds is 4. The number of allylic oxidation sites excluding steroid dienone is 5. The van der Waals surface area contributed by atoms with Gasteiger partial charge in [0.05, 0.1) is 0 Å². The minimum atomic E-state index is -0.0327. The molecule has 0 saturated heterocycles. The van der Waals surface area contributed by atoms with Crippen molar-refractivity contribution in [3.05, 3.63) is 59.5 Å². The number of amides is 1. The Hall–Kier alpha value is -1.94. The van der Waals surface area contributed by atoms with Crippen molar-refractivity contribution in [3.63, 3.8) is 0 Å². The topological polar surface area (TPSA) is 38.8 Å². The summed E-state index contributed by atoms with van der Waals surface area (Å²) in [6.45, 7) is 1.23. The Morgan fingerprint density at radius 2 is 2.22 bits per heavy atom. The van der Waals surface area contributed by atoms with E-state index in [-0.39, 0.29) is 11.8 Å². The van der Waals surface area contributed by atoms with Crippen LogP contribution < -0.4 is 0 Å². The van der Waals surface area contributed by atoms with Gasteiger partial charge in [-0.1, -0.05) is 29.9 Å². The van der Waals surface area contributed by atoms with E-state index in [0.717, 1.165) is 42.8 Å². The molecule has 122 valence electrons. The van der Waals surface area contributed by atoms with Gasteiger partial charge in [0.25, 0.3) is 0 Å². The standard InChI is InChI=1S/C18H20ClNO3/c19-11-18(21)20-8-6-15(7-9-20)17-13-22-12-16(23-17)10-14-4-2-1-3-5-14/h1-2,4,6,12-13H,3,5,7-11H2. The number of carbonyl (C=O) groups excluding carboxylic acids is 1. The third kappa shape index (κ3) is 4.08. The first-order chi connectivity index (χ1) is 11.3. The lowest BCUT2D eigenvalue weighted by Crippen LogP contribution is -2.36. The van der Waals surface area contributed by atoms with Crippen LogP contribution in [-0.4, -0.2) is 29.8 Å². The van der Waals surface area contributed by atoms with Crippen molar-refractivity contribution < 1.29 is 14.3 Å². The number of nitrogens with zero attached hydrogens (tertiary/aromatic N) is 1. The number of hydrogen-bond donors (Lipinski definition) is 0. The second-order valence-electron chi connectivity index (χ2n) is 5.73. The molecule has 3 rings (SSSR count). The van der Waals surface area contributed by atoms with Gasteiger partial charge >= 0.3 is 0 Å². The third-order valence-corrected chi connectivity index (χ3v) is 4.34. The average molecular weight is 334 g/mol. The maximum absolute atomic E-state index is 11.6. The average Bonchev–Trinajstić information content (AvgIpc) is 2.62. The van der Waals surface area contributed by atoms with E-state index in [4.69, 9.17) is 21.1 Å².